The van der Waals surface area contributed by atoms with Gasteiger partial charge in [0.05, 0.1) is 6.54 Å². The first-order valence-electron chi connectivity index (χ1n) is 8.15. The van der Waals surface area contributed by atoms with Crippen molar-refractivity contribution in [1.82, 2.24) is 25.1 Å². The average molecular weight is 428 g/mol. The summed E-state index contributed by atoms with van der Waals surface area (Å²) in [7, 11) is 0. The van der Waals surface area contributed by atoms with Crippen LogP contribution in [0.15, 0.2) is 63.7 Å². The van der Waals surface area contributed by atoms with Gasteiger partial charge in [0.2, 0.25) is 5.88 Å². The molecule has 3 heterocycles. The number of benzene rings is 1. The summed E-state index contributed by atoms with van der Waals surface area (Å²) in [4.78, 5) is 11.9. The highest BCUT2D eigenvalue weighted by molar-refractivity contribution is 9.10. The second-order valence-corrected chi connectivity index (χ2v) is 6.32. The third kappa shape index (κ3) is 3.82. The Morgan fingerprint density at radius 3 is 2.74 bits per heavy atom. The van der Waals surface area contributed by atoms with Crippen LogP contribution in [-0.4, -0.2) is 38.9 Å². The highest BCUT2D eigenvalue weighted by atomic mass is 79.9. The molecule has 8 nitrogen and oxygen atoms in total. The normalized spacial score (nSPS) is 10.9. The lowest BCUT2D eigenvalue weighted by Gasteiger charge is -2.07. The highest BCUT2D eigenvalue weighted by Gasteiger charge is 2.11. The summed E-state index contributed by atoms with van der Waals surface area (Å²) in [5, 5.41) is 15.4. The van der Waals surface area contributed by atoms with Crippen LogP contribution < -0.4 is 10.1 Å². The molecule has 0 aliphatic carbocycles. The van der Waals surface area contributed by atoms with Crippen LogP contribution in [0, 0.1) is 0 Å². The number of amides is 1. The molecule has 0 spiro atoms. The van der Waals surface area contributed by atoms with E-state index in [1.54, 1.807) is 28.8 Å². The number of furan rings is 1. The van der Waals surface area contributed by atoms with E-state index in [9.17, 15) is 4.79 Å². The number of carbonyl (C=O) groups is 1. The van der Waals surface area contributed by atoms with Gasteiger partial charge in [-0.1, -0.05) is 30.3 Å². The molecule has 1 N–H and O–H groups in total. The number of hydrogen-bond donors (Lipinski definition) is 1. The van der Waals surface area contributed by atoms with E-state index in [0.717, 1.165) is 5.56 Å². The van der Waals surface area contributed by atoms with E-state index in [-0.39, 0.29) is 18.3 Å². The Morgan fingerprint density at radius 1 is 1.11 bits per heavy atom. The maximum atomic E-state index is 11.9. The Kier molecular flexibility index (Phi) is 4.84. The zero-order valence-corrected chi connectivity index (χ0v) is 15.6. The third-order valence-electron chi connectivity index (χ3n) is 3.70. The first-order valence-corrected chi connectivity index (χ1v) is 8.94. The Labute approximate surface area is 162 Å². The fourth-order valence-electron chi connectivity index (χ4n) is 2.46. The molecule has 9 heteroatoms. The lowest BCUT2D eigenvalue weighted by molar-refractivity contribution is 0.0917. The van der Waals surface area contributed by atoms with Crippen molar-refractivity contribution < 1.29 is 13.9 Å². The largest absolute Gasteiger partial charge is 0.475 e. The van der Waals surface area contributed by atoms with Gasteiger partial charge in [-0.3, -0.25) is 4.79 Å². The number of hydrogen-bond acceptors (Lipinski definition) is 6. The van der Waals surface area contributed by atoms with Gasteiger partial charge in [0.25, 0.3) is 5.91 Å². The monoisotopic (exact) mass is 427 g/mol. The fraction of sp³-hybridized carbons (Fsp3) is 0.111. The quantitative estimate of drug-likeness (QED) is 0.475. The molecule has 0 saturated heterocycles. The molecule has 27 heavy (non-hydrogen) atoms. The summed E-state index contributed by atoms with van der Waals surface area (Å²) < 4.78 is 12.9. The number of rotatable bonds is 6. The average Bonchev–Trinajstić information content (AvgIpc) is 3.32. The molecule has 4 aromatic rings. The molecule has 0 unspecified atom stereocenters. The number of aromatic nitrogens is 4. The van der Waals surface area contributed by atoms with Gasteiger partial charge in [-0.25, -0.2) is 0 Å². The van der Waals surface area contributed by atoms with E-state index in [0.29, 0.717) is 28.6 Å². The minimum absolute atomic E-state index is 0.235. The van der Waals surface area contributed by atoms with Crippen LogP contribution in [0.4, 0.5) is 0 Å². The van der Waals surface area contributed by atoms with Gasteiger partial charge in [-0.2, -0.15) is 4.52 Å². The van der Waals surface area contributed by atoms with Gasteiger partial charge in [-0.15, -0.1) is 15.3 Å². The molecule has 0 bridgehead atoms. The lowest BCUT2D eigenvalue weighted by Crippen LogP contribution is -2.27. The van der Waals surface area contributed by atoms with Crippen LogP contribution in [0.5, 0.6) is 5.88 Å². The van der Waals surface area contributed by atoms with Crippen molar-refractivity contribution in [3.8, 4) is 17.3 Å². The maximum absolute atomic E-state index is 11.9. The summed E-state index contributed by atoms with van der Waals surface area (Å²) in [5.41, 5.74) is 1.53. The smallest absolute Gasteiger partial charge is 0.287 e. The molecule has 1 amide bonds. The van der Waals surface area contributed by atoms with Crippen molar-refractivity contribution >= 4 is 27.5 Å². The number of nitrogens with one attached hydrogen (secondary N) is 1. The summed E-state index contributed by atoms with van der Waals surface area (Å²) in [6.45, 7) is 0.569. The zero-order chi connectivity index (χ0) is 18.6. The first-order chi connectivity index (χ1) is 13.2. The van der Waals surface area contributed by atoms with Gasteiger partial charge in [0.15, 0.2) is 21.9 Å². The van der Waals surface area contributed by atoms with Gasteiger partial charge in [0, 0.05) is 11.6 Å². The van der Waals surface area contributed by atoms with Crippen molar-refractivity contribution in [2.45, 2.75) is 0 Å². The lowest BCUT2D eigenvalue weighted by atomic mass is 10.2. The van der Waals surface area contributed by atoms with E-state index in [4.69, 9.17) is 9.15 Å². The van der Waals surface area contributed by atoms with E-state index in [1.807, 2.05) is 30.3 Å². The number of halogens is 1. The van der Waals surface area contributed by atoms with E-state index >= 15 is 0 Å². The molecule has 0 aliphatic heterocycles. The van der Waals surface area contributed by atoms with E-state index in [2.05, 4.69) is 36.5 Å². The number of fused-ring (bicyclic) bond motifs is 1. The number of ether oxygens (including phenoxy) is 1. The summed E-state index contributed by atoms with van der Waals surface area (Å²) >= 11 is 3.16. The highest BCUT2D eigenvalue weighted by Crippen LogP contribution is 2.18. The first kappa shape index (κ1) is 17.2. The molecule has 4 rings (SSSR count). The van der Waals surface area contributed by atoms with Gasteiger partial charge < -0.3 is 14.5 Å². The predicted molar refractivity (Wildman–Crippen MR) is 100 cm³/mol. The molecular formula is C18H14BrN5O3. The van der Waals surface area contributed by atoms with Gasteiger partial charge >= 0.3 is 0 Å². The van der Waals surface area contributed by atoms with Crippen LogP contribution in [0.3, 0.4) is 0 Å². The SMILES string of the molecule is O=C(NCCOc1ccc2nnc(-c3ccccc3)n2n1)c1ccc(Br)o1. The second kappa shape index (κ2) is 7.58. The van der Waals surface area contributed by atoms with Crippen molar-refractivity contribution in [3.05, 3.63) is 65.0 Å². The summed E-state index contributed by atoms with van der Waals surface area (Å²) in [5.74, 6) is 0.971. The minimum Gasteiger partial charge on any atom is -0.475 e. The second-order valence-electron chi connectivity index (χ2n) is 5.54. The summed E-state index contributed by atoms with van der Waals surface area (Å²) in [6.07, 6.45) is 0. The maximum Gasteiger partial charge on any atom is 0.287 e. The molecular weight excluding hydrogens is 414 g/mol. The van der Waals surface area contributed by atoms with Crippen molar-refractivity contribution in [1.29, 1.82) is 0 Å². The molecule has 3 aromatic heterocycles. The minimum atomic E-state index is -0.308. The standard InChI is InChI=1S/C18H14BrN5O3/c19-14-7-6-13(27-14)18(25)20-10-11-26-16-9-8-15-21-22-17(24(15)23-16)12-4-2-1-3-5-12/h1-9H,10-11H2,(H,20,25). The molecule has 0 saturated carbocycles. The third-order valence-corrected chi connectivity index (χ3v) is 4.13. The Balaban J connectivity index is 1.40. The van der Waals surface area contributed by atoms with Crippen LogP contribution in [0.25, 0.3) is 17.0 Å². The van der Waals surface area contributed by atoms with Gasteiger partial charge in [-0.05, 0) is 34.1 Å². The van der Waals surface area contributed by atoms with Crippen molar-refractivity contribution in [2.75, 3.05) is 13.2 Å². The topological polar surface area (TPSA) is 94.5 Å². The molecule has 0 fully saturated rings. The van der Waals surface area contributed by atoms with E-state index < -0.39 is 0 Å². The predicted octanol–water partition coefficient (Wildman–Crippen LogP) is 2.96. The number of nitrogens with zero attached hydrogens (tertiary/aromatic N) is 4. The fourth-order valence-corrected chi connectivity index (χ4v) is 2.77. The zero-order valence-electron chi connectivity index (χ0n) is 14.0. The van der Waals surface area contributed by atoms with Crippen LogP contribution in [0.2, 0.25) is 0 Å². The Hall–Kier alpha value is -3.20. The molecule has 0 atom stereocenters. The Bertz CT molecular complexity index is 1080. The van der Waals surface area contributed by atoms with Crippen LogP contribution in [0.1, 0.15) is 10.6 Å². The molecule has 0 aliphatic rings. The molecule has 136 valence electrons. The Morgan fingerprint density at radius 2 is 1.96 bits per heavy atom. The van der Waals surface area contributed by atoms with Crippen LogP contribution >= 0.6 is 15.9 Å². The number of carbonyl (C=O) groups excluding carboxylic acids is 1. The van der Waals surface area contributed by atoms with Crippen molar-refractivity contribution in [3.63, 3.8) is 0 Å². The van der Waals surface area contributed by atoms with Crippen molar-refractivity contribution in [2.24, 2.45) is 0 Å². The molecule has 0 radical (unpaired) electrons. The molecule has 1 aromatic carbocycles. The van der Waals surface area contributed by atoms with Gasteiger partial charge in [0.1, 0.15) is 6.61 Å². The van der Waals surface area contributed by atoms with E-state index in [1.165, 1.54) is 0 Å². The van der Waals surface area contributed by atoms with Crippen LogP contribution in [-0.2, 0) is 0 Å². The summed E-state index contributed by atoms with van der Waals surface area (Å²) in [6, 6.07) is 16.4.